The molecular formula is C11H18N4. The summed E-state index contributed by atoms with van der Waals surface area (Å²) in [6, 6.07) is 2.12. The van der Waals surface area contributed by atoms with Gasteiger partial charge in [0.25, 0.3) is 0 Å². The molecule has 0 atom stereocenters. The molecule has 0 spiro atoms. The zero-order chi connectivity index (χ0) is 11.3. The average molecular weight is 206 g/mol. The minimum Gasteiger partial charge on any atom is -0.249 e. The lowest BCUT2D eigenvalue weighted by Crippen LogP contribution is -2.07. The lowest BCUT2D eigenvalue weighted by molar-refractivity contribution is 0.468. The van der Waals surface area contributed by atoms with Crippen LogP contribution < -0.4 is 0 Å². The molecule has 4 heteroatoms. The molecule has 0 aliphatic rings. The Morgan fingerprint density at radius 2 is 2.20 bits per heavy atom. The van der Waals surface area contributed by atoms with Crippen LogP contribution in [0.1, 0.15) is 38.6 Å². The van der Waals surface area contributed by atoms with Crippen LogP contribution in [0.5, 0.6) is 0 Å². The average Bonchev–Trinajstić information content (AvgIpc) is 2.58. The van der Waals surface area contributed by atoms with E-state index in [1.165, 1.54) is 0 Å². The standard InChI is InChI=1S/C11H18N4/c1-4-11-10(5-7-12)13-14-15(11)8-6-9(2)3/h9H,4-6,8H2,1-3H3. The zero-order valence-electron chi connectivity index (χ0n) is 9.69. The van der Waals surface area contributed by atoms with Gasteiger partial charge < -0.3 is 0 Å². The van der Waals surface area contributed by atoms with Crippen LogP contribution in [-0.2, 0) is 19.4 Å². The molecule has 82 valence electrons. The van der Waals surface area contributed by atoms with E-state index in [9.17, 15) is 0 Å². The summed E-state index contributed by atoms with van der Waals surface area (Å²) < 4.78 is 1.94. The Morgan fingerprint density at radius 3 is 2.73 bits per heavy atom. The highest BCUT2D eigenvalue weighted by atomic mass is 15.4. The fourth-order valence-electron chi connectivity index (χ4n) is 1.53. The SMILES string of the molecule is CCc1c(CC#N)nnn1CCC(C)C. The van der Waals surface area contributed by atoms with Crippen molar-refractivity contribution in [2.24, 2.45) is 5.92 Å². The zero-order valence-corrected chi connectivity index (χ0v) is 9.69. The van der Waals surface area contributed by atoms with Crippen molar-refractivity contribution in [3.63, 3.8) is 0 Å². The lowest BCUT2D eigenvalue weighted by Gasteiger charge is -2.07. The molecule has 1 aromatic heterocycles. The summed E-state index contributed by atoms with van der Waals surface area (Å²) in [6.45, 7) is 7.36. The first-order chi connectivity index (χ1) is 7.19. The molecule has 0 aliphatic heterocycles. The van der Waals surface area contributed by atoms with Crippen molar-refractivity contribution in [2.45, 2.75) is 46.6 Å². The second-order valence-corrected chi connectivity index (χ2v) is 4.08. The summed E-state index contributed by atoms with van der Waals surface area (Å²) in [5.41, 5.74) is 1.95. The van der Waals surface area contributed by atoms with Crippen LogP contribution in [0.25, 0.3) is 0 Å². The van der Waals surface area contributed by atoms with E-state index >= 15 is 0 Å². The fraction of sp³-hybridized carbons (Fsp3) is 0.727. The third-order valence-electron chi connectivity index (χ3n) is 2.42. The molecule has 0 saturated carbocycles. The Bertz CT molecular complexity index is 346. The number of aryl methyl sites for hydroxylation is 1. The summed E-state index contributed by atoms with van der Waals surface area (Å²) in [7, 11) is 0. The minimum absolute atomic E-state index is 0.366. The largest absolute Gasteiger partial charge is 0.249 e. The molecular weight excluding hydrogens is 188 g/mol. The summed E-state index contributed by atoms with van der Waals surface area (Å²) in [6.07, 6.45) is 2.36. The van der Waals surface area contributed by atoms with Gasteiger partial charge in [-0.3, -0.25) is 0 Å². The predicted octanol–water partition coefficient (Wildman–Crippen LogP) is 1.95. The molecule has 0 aromatic carbocycles. The summed E-state index contributed by atoms with van der Waals surface area (Å²) in [5, 5.41) is 16.8. The normalized spacial score (nSPS) is 10.6. The molecule has 0 fully saturated rings. The highest BCUT2D eigenvalue weighted by molar-refractivity contribution is 5.14. The van der Waals surface area contributed by atoms with Crippen LogP contribution in [0, 0.1) is 17.2 Å². The van der Waals surface area contributed by atoms with E-state index in [4.69, 9.17) is 5.26 Å². The van der Waals surface area contributed by atoms with Crippen molar-refractivity contribution in [1.82, 2.24) is 15.0 Å². The molecule has 1 heterocycles. The summed E-state index contributed by atoms with van der Waals surface area (Å²) in [4.78, 5) is 0. The van der Waals surface area contributed by atoms with E-state index < -0.39 is 0 Å². The molecule has 1 rings (SSSR count). The maximum absolute atomic E-state index is 8.64. The molecule has 0 aliphatic carbocycles. The molecule has 0 N–H and O–H groups in total. The number of rotatable bonds is 5. The fourth-order valence-corrected chi connectivity index (χ4v) is 1.53. The van der Waals surface area contributed by atoms with Crippen molar-refractivity contribution < 1.29 is 0 Å². The van der Waals surface area contributed by atoms with Gasteiger partial charge in [0.05, 0.1) is 23.9 Å². The summed E-state index contributed by atoms with van der Waals surface area (Å²) in [5.74, 6) is 0.665. The van der Waals surface area contributed by atoms with Gasteiger partial charge in [-0.15, -0.1) is 5.10 Å². The third-order valence-corrected chi connectivity index (χ3v) is 2.42. The van der Waals surface area contributed by atoms with Crippen molar-refractivity contribution >= 4 is 0 Å². The molecule has 0 saturated heterocycles. The van der Waals surface area contributed by atoms with E-state index in [0.29, 0.717) is 12.3 Å². The maximum atomic E-state index is 8.64. The van der Waals surface area contributed by atoms with Crippen LogP contribution in [-0.4, -0.2) is 15.0 Å². The van der Waals surface area contributed by atoms with Crippen LogP contribution in [0.2, 0.25) is 0 Å². The lowest BCUT2D eigenvalue weighted by atomic mass is 10.1. The first kappa shape index (κ1) is 11.7. The quantitative estimate of drug-likeness (QED) is 0.740. The molecule has 0 amide bonds. The van der Waals surface area contributed by atoms with Gasteiger partial charge in [-0.25, -0.2) is 4.68 Å². The molecule has 0 bridgehead atoms. The smallest absolute Gasteiger partial charge is 0.0999 e. The first-order valence-electron chi connectivity index (χ1n) is 5.47. The van der Waals surface area contributed by atoms with Crippen LogP contribution in [0.3, 0.4) is 0 Å². The molecule has 15 heavy (non-hydrogen) atoms. The van der Waals surface area contributed by atoms with E-state index in [0.717, 1.165) is 30.8 Å². The Morgan fingerprint density at radius 1 is 1.47 bits per heavy atom. The Hall–Kier alpha value is -1.37. The molecule has 0 unspecified atom stereocenters. The van der Waals surface area contributed by atoms with E-state index in [-0.39, 0.29) is 0 Å². The monoisotopic (exact) mass is 206 g/mol. The Balaban J connectivity index is 2.76. The van der Waals surface area contributed by atoms with Crippen molar-refractivity contribution in [2.75, 3.05) is 0 Å². The highest BCUT2D eigenvalue weighted by Crippen LogP contribution is 2.09. The van der Waals surface area contributed by atoms with Crippen LogP contribution in [0.4, 0.5) is 0 Å². The number of hydrogen-bond acceptors (Lipinski definition) is 3. The van der Waals surface area contributed by atoms with Gasteiger partial charge in [0.15, 0.2) is 0 Å². The van der Waals surface area contributed by atoms with Gasteiger partial charge in [-0.1, -0.05) is 26.0 Å². The number of nitriles is 1. The predicted molar refractivity (Wildman–Crippen MR) is 58.2 cm³/mol. The number of nitrogens with zero attached hydrogens (tertiary/aromatic N) is 4. The van der Waals surface area contributed by atoms with Gasteiger partial charge in [0.2, 0.25) is 0 Å². The third kappa shape index (κ3) is 3.05. The van der Waals surface area contributed by atoms with Crippen molar-refractivity contribution in [3.8, 4) is 6.07 Å². The van der Waals surface area contributed by atoms with Gasteiger partial charge >= 0.3 is 0 Å². The topological polar surface area (TPSA) is 54.5 Å². The Kier molecular flexibility index (Phi) is 4.29. The molecule has 0 radical (unpaired) electrons. The van der Waals surface area contributed by atoms with E-state index in [1.807, 2.05) is 4.68 Å². The van der Waals surface area contributed by atoms with Gasteiger partial charge in [0, 0.05) is 6.54 Å². The van der Waals surface area contributed by atoms with Gasteiger partial charge in [-0.2, -0.15) is 5.26 Å². The molecule has 1 aromatic rings. The van der Waals surface area contributed by atoms with Crippen LogP contribution >= 0.6 is 0 Å². The molecule has 4 nitrogen and oxygen atoms in total. The van der Waals surface area contributed by atoms with Gasteiger partial charge in [-0.05, 0) is 18.8 Å². The van der Waals surface area contributed by atoms with Crippen molar-refractivity contribution in [3.05, 3.63) is 11.4 Å². The number of hydrogen-bond donors (Lipinski definition) is 0. The second kappa shape index (κ2) is 5.50. The summed E-state index contributed by atoms with van der Waals surface area (Å²) >= 11 is 0. The van der Waals surface area contributed by atoms with E-state index in [2.05, 4.69) is 37.2 Å². The minimum atomic E-state index is 0.366. The van der Waals surface area contributed by atoms with Crippen LogP contribution in [0.15, 0.2) is 0 Å². The highest BCUT2D eigenvalue weighted by Gasteiger charge is 2.10. The Labute approximate surface area is 90.9 Å². The van der Waals surface area contributed by atoms with Gasteiger partial charge in [0.1, 0.15) is 0 Å². The van der Waals surface area contributed by atoms with E-state index in [1.54, 1.807) is 0 Å². The maximum Gasteiger partial charge on any atom is 0.0999 e. The second-order valence-electron chi connectivity index (χ2n) is 4.08. The first-order valence-corrected chi connectivity index (χ1v) is 5.47. The number of aromatic nitrogens is 3. The van der Waals surface area contributed by atoms with Crippen molar-refractivity contribution in [1.29, 1.82) is 5.26 Å².